The molecule has 7 atom stereocenters. The predicted octanol–water partition coefficient (Wildman–Crippen LogP) is 2.00. The van der Waals surface area contributed by atoms with Crippen molar-refractivity contribution in [1.82, 2.24) is 20.2 Å². The van der Waals surface area contributed by atoms with E-state index >= 15 is 0 Å². The Kier molecular flexibility index (Phi) is 8.89. The Hall–Kier alpha value is -3.38. The Labute approximate surface area is 252 Å². The van der Waals surface area contributed by atoms with Crippen molar-refractivity contribution in [1.29, 1.82) is 0 Å². The van der Waals surface area contributed by atoms with E-state index < -0.39 is 23.5 Å². The fourth-order valence-electron chi connectivity index (χ4n) is 7.42. The number of nitrogens with one attached hydrogen (secondary N) is 1. The highest BCUT2D eigenvalue weighted by atomic mass is 16.5. The first-order valence-corrected chi connectivity index (χ1v) is 15.0. The second-order valence-corrected chi connectivity index (χ2v) is 12.7. The number of nitrogens with zero attached hydrogens (tertiary/aromatic N) is 3. The van der Waals surface area contributed by atoms with Crippen molar-refractivity contribution in [2.45, 2.75) is 58.2 Å². The molecule has 1 saturated heterocycles. The number of allylic oxidation sites excluding steroid dienone is 2. The summed E-state index contributed by atoms with van der Waals surface area (Å²) in [6.07, 6.45) is 11.4. The largest absolute Gasteiger partial charge is 0.423 e. The zero-order valence-corrected chi connectivity index (χ0v) is 25.2. The average molecular weight is 594 g/mol. The van der Waals surface area contributed by atoms with Crippen molar-refractivity contribution in [3.8, 4) is 0 Å². The number of nitrogen functional groups attached to an aromatic ring is 1. The molecule has 3 heterocycles. The molecule has 5 rings (SSSR count). The van der Waals surface area contributed by atoms with Gasteiger partial charge in [-0.15, -0.1) is 0 Å². The molecule has 0 aromatic carbocycles. The van der Waals surface area contributed by atoms with Gasteiger partial charge in [0.15, 0.2) is 0 Å². The van der Waals surface area contributed by atoms with Crippen LogP contribution in [0.2, 0.25) is 0 Å². The van der Waals surface area contributed by atoms with E-state index in [2.05, 4.69) is 28.8 Å². The van der Waals surface area contributed by atoms with E-state index in [4.69, 9.17) is 15.2 Å². The van der Waals surface area contributed by atoms with Crippen LogP contribution in [0.25, 0.3) is 6.08 Å². The van der Waals surface area contributed by atoms with E-state index in [-0.39, 0.29) is 41.8 Å². The van der Waals surface area contributed by atoms with Crippen molar-refractivity contribution in [3.63, 3.8) is 0 Å². The number of anilines is 1. The van der Waals surface area contributed by atoms with Gasteiger partial charge in [-0.1, -0.05) is 38.2 Å². The second kappa shape index (κ2) is 12.3. The van der Waals surface area contributed by atoms with Gasteiger partial charge in [-0.05, 0) is 49.7 Å². The molecule has 1 aromatic heterocycles. The van der Waals surface area contributed by atoms with E-state index in [1.165, 1.54) is 0 Å². The Morgan fingerprint density at radius 1 is 1.30 bits per heavy atom. The molecule has 232 valence electrons. The van der Waals surface area contributed by atoms with Crippen LogP contribution >= 0.6 is 0 Å². The Morgan fingerprint density at radius 2 is 2.00 bits per heavy atom. The van der Waals surface area contributed by atoms with Crippen LogP contribution in [0.5, 0.6) is 0 Å². The summed E-state index contributed by atoms with van der Waals surface area (Å²) < 4.78 is 10.9. The predicted molar refractivity (Wildman–Crippen MR) is 161 cm³/mol. The number of morpholine rings is 1. The van der Waals surface area contributed by atoms with Crippen LogP contribution in [-0.4, -0.2) is 88.1 Å². The lowest BCUT2D eigenvalue weighted by Gasteiger charge is -2.61. The Bertz CT molecular complexity index is 1340. The average Bonchev–Trinajstić information content (AvgIpc) is 3.35. The van der Waals surface area contributed by atoms with Crippen LogP contribution in [0.1, 0.15) is 45.6 Å². The number of amides is 1. The molecule has 11 heteroatoms. The maximum atomic E-state index is 13.3. The minimum Gasteiger partial charge on any atom is -0.423 e. The molecule has 4 unspecified atom stereocenters. The molecule has 43 heavy (non-hydrogen) atoms. The Morgan fingerprint density at radius 3 is 2.67 bits per heavy atom. The van der Waals surface area contributed by atoms with Gasteiger partial charge in [0.25, 0.3) is 0 Å². The van der Waals surface area contributed by atoms with E-state index in [0.29, 0.717) is 56.0 Å². The molecule has 0 spiro atoms. The first-order valence-electron chi connectivity index (χ1n) is 15.0. The van der Waals surface area contributed by atoms with Crippen molar-refractivity contribution >= 4 is 23.9 Å². The lowest BCUT2D eigenvalue weighted by Crippen LogP contribution is -2.62. The van der Waals surface area contributed by atoms with E-state index in [9.17, 15) is 19.8 Å². The third kappa shape index (κ3) is 6.04. The van der Waals surface area contributed by atoms with Crippen LogP contribution in [0.3, 0.4) is 0 Å². The van der Waals surface area contributed by atoms with Gasteiger partial charge >= 0.3 is 5.97 Å². The molecule has 4 aliphatic rings. The lowest BCUT2D eigenvalue weighted by molar-refractivity contribution is -0.150. The van der Waals surface area contributed by atoms with Crippen LogP contribution in [0.15, 0.2) is 54.1 Å². The fourth-order valence-corrected chi connectivity index (χ4v) is 7.42. The van der Waals surface area contributed by atoms with Gasteiger partial charge in [0.2, 0.25) is 11.9 Å². The van der Waals surface area contributed by atoms with Gasteiger partial charge in [0, 0.05) is 48.4 Å². The van der Waals surface area contributed by atoms with Crippen molar-refractivity contribution in [3.05, 3.63) is 59.7 Å². The number of carbonyl (C=O) groups is 2. The maximum absolute atomic E-state index is 13.3. The molecule has 0 radical (unpaired) electrons. The highest BCUT2D eigenvalue weighted by molar-refractivity contribution is 5.96. The van der Waals surface area contributed by atoms with Gasteiger partial charge in [-0.3, -0.25) is 10.1 Å². The summed E-state index contributed by atoms with van der Waals surface area (Å²) in [6.45, 7) is 12.5. The molecule has 2 aliphatic carbocycles. The van der Waals surface area contributed by atoms with Crippen molar-refractivity contribution in [2.75, 3.05) is 38.6 Å². The smallest absolute Gasteiger partial charge is 0.343 e. The number of carbonyl (C=O) groups excluding carboxylic acids is 2. The number of hydrogen-bond acceptors (Lipinski definition) is 10. The second-order valence-electron chi connectivity index (χ2n) is 12.7. The third-order valence-corrected chi connectivity index (χ3v) is 10.0. The molecule has 2 aliphatic heterocycles. The number of esters is 1. The Balaban J connectivity index is 1.43. The number of aromatic nitrogens is 2. The molecular formula is C32H43N5O6. The summed E-state index contributed by atoms with van der Waals surface area (Å²) >= 11 is 0. The van der Waals surface area contributed by atoms with Crippen LogP contribution < -0.4 is 11.1 Å². The quantitative estimate of drug-likeness (QED) is 0.272. The number of cyclic esters (lactones) is 1. The molecule has 11 nitrogen and oxygen atoms in total. The first kappa shape index (κ1) is 31.1. The van der Waals surface area contributed by atoms with Crippen molar-refractivity contribution < 1.29 is 29.3 Å². The van der Waals surface area contributed by atoms with Gasteiger partial charge in [0.05, 0.1) is 37.5 Å². The summed E-state index contributed by atoms with van der Waals surface area (Å²) in [5.41, 5.74) is 6.43. The summed E-state index contributed by atoms with van der Waals surface area (Å²) in [5.74, 6) is -0.212. The van der Waals surface area contributed by atoms with Gasteiger partial charge in [-0.2, -0.15) is 0 Å². The number of aliphatic hydroxyl groups is 2. The fraction of sp³-hybridized carbons (Fsp3) is 0.562. The minimum absolute atomic E-state index is 0.00908. The highest BCUT2D eigenvalue weighted by Gasteiger charge is 2.59. The van der Waals surface area contributed by atoms with Crippen LogP contribution in [-0.2, 0) is 19.1 Å². The maximum Gasteiger partial charge on any atom is 0.343 e. The van der Waals surface area contributed by atoms with E-state index in [0.717, 1.165) is 12.0 Å². The van der Waals surface area contributed by atoms with Crippen LogP contribution in [0, 0.1) is 22.7 Å². The summed E-state index contributed by atoms with van der Waals surface area (Å²) in [4.78, 5) is 35.8. The molecule has 0 bridgehead atoms. The molecule has 1 amide bonds. The van der Waals surface area contributed by atoms with E-state index in [1.807, 2.05) is 24.8 Å². The van der Waals surface area contributed by atoms with Gasteiger partial charge in [-0.25, -0.2) is 14.8 Å². The normalized spacial score (nSPS) is 34.7. The summed E-state index contributed by atoms with van der Waals surface area (Å²) in [7, 11) is 0. The number of nitrogens with two attached hydrogens (primary N) is 1. The number of hydrogen-bond donors (Lipinski definition) is 4. The van der Waals surface area contributed by atoms with Gasteiger partial charge < -0.3 is 30.3 Å². The first-order chi connectivity index (χ1) is 20.5. The SMILES string of the molecule is C=C1C(NC(C)C(=O)N2CCOCC2)CC2[C@](C)(CC[C@@H](O)[C@@]2(C)CO)C1/C=C/C1=CC(=C\c2cnc(N)nc2)/OC1=O. The zero-order valence-electron chi connectivity index (χ0n) is 25.2. The van der Waals surface area contributed by atoms with E-state index in [1.54, 1.807) is 30.6 Å². The molecule has 3 fully saturated rings. The molecular weight excluding hydrogens is 550 g/mol. The highest BCUT2D eigenvalue weighted by Crippen LogP contribution is 2.61. The van der Waals surface area contributed by atoms with Crippen LogP contribution in [0.4, 0.5) is 5.95 Å². The van der Waals surface area contributed by atoms with Gasteiger partial charge in [0.1, 0.15) is 5.76 Å². The summed E-state index contributed by atoms with van der Waals surface area (Å²) in [6, 6.07) is -0.699. The number of rotatable bonds is 7. The zero-order chi connectivity index (χ0) is 30.9. The molecule has 2 saturated carbocycles. The minimum atomic E-state index is -0.736. The lowest BCUT2D eigenvalue weighted by atomic mass is 9.45. The topological polar surface area (TPSA) is 160 Å². The number of fused-ring (bicyclic) bond motifs is 1. The number of ether oxygens (including phenoxy) is 2. The third-order valence-electron chi connectivity index (χ3n) is 10.0. The standard InChI is InChI=1S/C32H43N5O6/c1-19-24(6-5-22-14-23(43-29(22)41)13-21-16-34-30(33)35-17-21)31(3)8-7-27(39)32(4,18-38)26(31)15-25(19)36-20(2)28(40)37-9-11-42-12-10-37/h5-6,13-14,16-17,20,24-27,36,38-39H,1,7-12,15,18H2,2-4H3,(H2,33,34,35)/b6-5+,23-13+/t20?,24?,25?,26?,27-,31-,32+/m1/s1. The monoisotopic (exact) mass is 593 g/mol. The number of aliphatic hydroxyl groups excluding tert-OH is 2. The molecule has 1 aromatic rings. The van der Waals surface area contributed by atoms with Crippen molar-refractivity contribution in [2.24, 2.45) is 22.7 Å². The summed E-state index contributed by atoms with van der Waals surface area (Å²) in [5, 5.41) is 25.2. The molecule has 5 N–H and O–H groups in total.